The Balaban J connectivity index is 2.42. The molecule has 2 aromatic rings. The number of nitrogens with two attached hydrogens (primary N) is 1. The minimum absolute atomic E-state index is 0.439. The summed E-state index contributed by atoms with van der Waals surface area (Å²) in [6, 6.07) is 6.68. The minimum Gasteiger partial charge on any atom is -0.495 e. The van der Waals surface area contributed by atoms with Crippen LogP contribution in [0.4, 0.5) is 0 Å². The first-order valence-corrected chi connectivity index (χ1v) is 6.95. The Hall–Kier alpha value is -1.86. The number of halogens is 1. The molecule has 2 N–H and O–H groups in total. The van der Waals surface area contributed by atoms with Gasteiger partial charge in [0.05, 0.1) is 33.1 Å². The average molecular weight is 354 g/mol. The van der Waals surface area contributed by atoms with Gasteiger partial charge in [-0.2, -0.15) is 0 Å². The Kier molecular flexibility index (Phi) is 4.98. The van der Waals surface area contributed by atoms with Gasteiger partial charge in [-0.25, -0.2) is 0 Å². The fourth-order valence-corrected chi connectivity index (χ4v) is 2.61. The third-order valence-corrected chi connectivity index (χ3v) is 3.79. The maximum atomic E-state index is 6.26. The number of hydrogen-bond donors (Lipinski definition) is 1. The first-order valence-electron chi connectivity index (χ1n) is 6.16. The molecule has 1 aromatic heterocycles. The highest BCUT2D eigenvalue weighted by atomic mass is 79.9. The van der Waals surface area contributed by atoms with Crippen LogP contribution >= 0.6 is 15.9 Å². The van der Waals surface area contributed by atoms with E-state index in [-0.39, 0.29) is 0 Å². The summed E-state index contributed by atoms with van der Waals surface area (Å²) < 4.78 is 16.4. The third kappa shape index (κ3) is 3.08. The molecule has 0 saturated heterocycles. The molecular weight excluding hydrogens is 338 g/mol. The molecule has 0 aliphatic heterocycles. The molecule has 0 amide bonds. The summed E-state index contributed by atoms with van der Waals surface area (Å²) in [4.78, 5) is 0. The molecule has 112 valence electrons. The zero-order chi connectivity index (χ0) is 15.4. The van der Waals surface area contributed by atoms with Gasteiger partial charge in [-0.15, -0.1) is 10.2 Å². The lowest BCUT2D eigenvalue weighted by Gasteiger charge is -2.17. The lowest BCUT2D eigenvalue weighted by atomic mass is 10.0. The molecule has 0 fully saturated rings. The molecule has 0 aliphatic carbocycles. The predicted octanol–water partition coefficient (Wildman–Crippen LogP) is 2.31. The number of aromatic nitrogens is 2. The number of ether oxygens (including phenoxy) is 3. The van der Waals surface area contributed by atoms with Crippen LogP contribution in [0.15, 0.2) is 28.7 Å². The highest BCUT2D eigenvalue weighted by Crippen LogP contribution is 2.40. The maximum absolute atomic E-state index is 6.26. The number of methoxy groups -OCH3 is 3. The molecule has 0 spiro atoms. The molecule has 1 atom stereocenters. The van der Waals surface area contributed by atoms with Crippen molar-refractivity contribution in [2.24, 2.45) is 5.73 Å². The Morgan fingerprint density at radius 2 is 1.76 bits per heavy atom. The smallest absolute Gasteiger partial charge is 0.233 e. The van der Waals surface area contributed by atoms with Crippen LogP contribution in [0.25, 0.3) is 0 Å². The molecule has 21 heavy (non-hydrogen) atoms. The lowest BCUT2D eigenvalue weighted by molar-refractivity contribution is 0.384. The van der Waals surface area contributed by atoms with Gasteiger partial charge in [0.25, 0.3) is 0 Å². The van der Waals surface area contributed by atoms with Crippen LogP contribution in [0, 0.1) is 0 Å². The third-order valence-electron chi connectivity index (χ3n) is 3.04. The van der Waals surface area contributed by atoms with E-state index in [4.69, 9.17) is 19.9 Å². The number of rotatable bonds is 5. The predicted molar refractivity (Wildman–Crippen MR) is 81.9 cm³/mol. The monoisotopic (exact) mass is 353 g/mol. The molecule has 1 heterocycles. The average Bonchev–Trinajstić information content (AvgIpc) is 2.54. The van der Waals surface area contributed by atoms with Crippen LogP contribution in [0.2, 0.25) is 0 Å². The van der Waals surface area contributed by atoms with Gasteiger partial charge in [0.1, 0.15) is 16.0 Å². The van der Waals surface area contributed by atoms with Gasteiger partial charge in [0, 0.05) is 11.6 Å². The van der Waals surface area contributed by atoms with Gasteiger partial charge >= 0.3 is 0 Å². The quantitative estimate of drug-likeness (QED) is 0.888. The second-order valence-corrected chi connectivity index (χ2v) is 4.98. The molecule has 2 rings (SSSR count). The largest absolute Gasteiger partial charge is 0.495 e. The number of benzene rings is 1. The van der Waals surface area contributed by atoms with E-state index in [0.29, 0.717) is 27.5 Å². The lowest BCUT2D eigenvalue weighted by Crippen LogP contribution is -2.15. The molecule has 0 radical (unpaired) electrons. The molecule has 1 aromatic carbocycles. The van der Waals surface area contributed by atoms with Crippen molar-refractivity contribution in [3.05, 3.63) is 40.0 Å². The first-order chi connectivity index (χ1) is 10.1. The summed E-state index contributed by atoms with van der Waals surface area (Å²) in [5, 5.41) is 8.00. The van der Waals surface area contributed by atoms with Crippen molar-refractivity contribution < 1.29 is 14.2 Å². The minimum atomic E-state index is -0.472. The van der Waals surface area contributed by atoms with E-state index in [1.165, 1.54) is 7.11 Å². The molecule has 1 unspecified atom stereocenters. The topological polar surface area (TPSA) is 79.5 Å². The van der Waals surface area contributed by atoms with Crippen LogP contribution < -0.4 is 19.9 Å². The Bertz CT molecular complexity index is 620. The number of hydrogen-bond acceptors (Lipinski definition) is 6. The van der Waals surface area contributed by atoms with Crippen LogP contribution in [0.3, 0.4) is 0 Å². The SMILES string of the molecule is COc1ccc(C(N)c2ccc(OC)c(Br)c2OC)nn1. The standard InChI is InChI=1S/C14H16BrN3O3/c1-19-10-6-4-8(14(21-3)12(10)15)13(16)9-5-7-11(20-2)18-17-9/h4-7,13H,16H2,1-3H3. The Morgan fingerprint density at radius 3 is 2.29 bits per heavy atom. The molecule has 7 heteroatoms. The van der Waals surface area contributed by atoms with E-state index in [2.05, 4.69) is 26.1 Å². The zero-order valence-corrected chi connectivity index (χ0v) is 13.5. The summed E-state index contributed by atoms with van der Waals surface area (Å²) >= 11 is 3.45. The van der Waals surface area contributed by atoms with Gasteiger partial charge in [0.15, 0.2) is 0 Å². The molecular formula is C14H16BrN3O3. The van der Waals surface area contributed by atoms with Crippen molar-refractivity contribution in [1.29, 1.82) is 0 Å². The zero-order valence-electron chi connectivity index (χ0n) is 12.0. The first kappa shape index (κ1) is 15.5. The van der Waals surface area contributed by atoms with Crippen LogP contribution in [-0.2, 0) is 0 Å². The van der Waals surface area contributed by atoms with Gasteiger partial charge in [-0.3, -0.25) is 0 Å². The fourth-order valence-electron chi connectivity index (χ4n) is 1.93. The molecule has 0 bridgehead atoms. The maximum Gasteiger partial charge on any atom is 0.233 e. The van der Waals surface area contributed by atoms with E-state index in [9.17, 15) is 0 Å². The van der Waals surface area contributed by atoms with E-state index in [1.54, 1.807) is 26.4 Å². The van der Waals surface area contributed by atoms with E-state index < -0.39 is 6.04 Å². The van der Waals surface area contributed by atoms with Crippen LogP contribution in [-0.4, -0.2) is 31.5 Å². The Labute approximate surface area is 131 Å². The van der Waals surface area contributed by atoms with Crippen LogP contribution in [0.5, 0.6) is 17.4 Å². The van der Waals surface area contributed by atoms with Gasteiger partial charge in [0.2, 0.25) is 5.88 Å². The van der Waals surface area contributed by atoms with Gasteiger partial charge in [-0.05, 0) is 34.1 Å². The van der Waals surface area contributed by atoms with Crippen molar-refractivity contribution in [3.63, 3.8) is 0 Å². The van der Waals surface area contributed by atoms with Crippen molar-refractivity contribution in [2.75, 3.05) is 21.3 Å². The summed E-state index contributed by atoms with van der Waals surface area (Å²) in [5.41, 5.74) is 7.66. The highest BCUT2D eigenvalue weighted by molar-refractivity contribution is 9.10. The summed E-state index contributed by atoms with van der Waals surface area (Å²) in [7, 11) is 4.71. The van der Waals surface area contributed by atoms with E-state index >= 15 is 0 Å². The summed E-state index contributed by atoms with van der Waals surface area (Å²) in [5.74, 6) is 1.72. The van der Waals surface area contributed by atoms with E-state index in [0.717, 1.165) is 5.56 Å². The molecule has 0 aliphatic rings. The Morgan fingerprint density at radius 1 is 1.00 bits per heavy atom. The van der Waals surface area contributed by atoms with Gasteiger partial charge in [-0.1, -0.05) is 0 Å². The van der Waals surface area contributed by atoms with Crippen molar-refractivity contribution in [3.8, 4) is 17.4 Å². The second kappa shape index (κ2) is 6.73. The van der Waals surface area contributed by atoms with Crippen LogP contribution in [0.1, 0.15) is 17.3 Å². The molecule has 0 saturated carbocycles. The molecule has 6 nitrogen and oxygen atoms in total. The second-order valence-electron chi connectivity index (χ2n) is 4.18. The number of nitrogens with zero attached hydrogens (tertiary/aromatic N) is 2. The summed E-state index contributed by atoms with van der Waals surface area (Å²) in [6.07, 6.45) is 0. The van der Waals surface area contributed by atoms with Crippen molar-refractivity contribution in [2.45, 2.75) is 6.04 Å². The highest BCUT2D eigenvalue weighted by Gasteiger charge is 2.20. The van der Waals surface area contributed by atoms with Gasteiger partial charge < -0.3 is 19.9 Å². The fraction of sp³-hybridized carbons (Fsp3) is 0.286. The van der Waals surface area contributed by atoms with Crippen molar-refractivity contribution >= 4 is 15.9 Å². The van der Waals surface area contributed by atoms with Crippen molar-refractivity contribution in [1.82, 2.24) is 10.2 Å². The van der Waals surface area contributed by atoms with E-state index in [1.807, 2.05) is 12.1 Å². The summed E-state index contributed by atoms with van der Waals surface area (Å²) in [6.45, 7) is 0. The normalized spacial score (nSPS) is 11.9.